The number of morpholine rings is 1. The number of ether oxygens (including phenoxy) is 3. The molecular weight excluding hydrogens is 615 g/mol. The summed E-state index contributed by atoms with van der Waals surface area (Å²) in [6.07, 6.45) is -1.52. The van der Waals surface area contributed by atoms with Gasteiger partial charge < -0.3 is 24.0 Å². The number of hydrogen-bond donors (Lipinski definition) is 1. The predicted octanol–water partition coefficient (Wildman–Crippen LogP) is 5.77. The molecule has 1 aliphatic heterocycles. The fraction of sp³-hybridized carbons (Fsp3) is 0.459. The molecule has 10 heteroatoms. The summed E-state index contributed by atoms with van der Waals surface area (Å²) in [7, 11) is -1.47. The monoisotopic (exact) mass is 664 g/mol. The van der Waals surface area contributed by atoms with E-state index in [4.69, 9.17) is 18.6 Å². The van der Waals surface area contributed by atoms with E-state index >= 15 is 0 Å². The molecule has 0 aromatic heterocycles. The molecule has 1 aliphatic rings. The van der Waals surface area contributed by atoms with Crippen LogP contribution < -0.4 is 20.4 Å². The maximum Gasteiger partial charge on any atom is 0.410 e. The highest BCUT2D eigenvalue weighted by atomic mass is 28.4. The van der Waals surface area contributed by atoms with Crippen LogP contribution in [0.5, 0.6) is 5.75 Å². The molecule has 0 aliphatic carbocycles. The van der Waals surface area contributed by atoms with Gasteiger partial charge in [0.25, 0.3) is 14.2 Å². The summed E-state index contributed by atoms with van der Waals surface area (Å²) in [6.45, 7) is 15.8. The average molecular weight is 665 g/mol. The van der Waals surface area contributed by atoms with Crippen molar-refractivity contribution in [3.8, 4) is 5.75 Å². The van der Waals surface area contributed by atoms with E-state index < -0.39 is 49.4 Å². The molecule has 2 atom stereocenters. The summed E-state index contributed by atoms with van der Waals surface area (Å²) < 4.78 is 38.4. The van der Waals surface area contributed by atoms with Crippen LogP contribution in [0.2, 0.25) is 5.04 Å². The van der Waals surface area contributed by atoms with Gasteiger partial charge in [-0.1, -0.05) is 87.5 Å². The van der Waals surface area contributed by atoms with Crippen LogP contribution >= 0.6 is 0 Å². The quantitative estimate of drug-likeness (QED) is 0.293. The van der Waals surface area contributed by atoms with Crippen LogP contribution in [0, 0.1) is 5.82 Å². The van der Waals surface area contributed by atoms with Crippen molar-refractivity contribution < 1.29 is 32.6 Å². The maximum absolute atomic E-state index is 13.9. The standard InChI is InChI=1S/C37H49FN2O6Si/c1-35(2,3)46-34(42)40-23-32(33(41)39-37(7,8)30-21-20-26(38)22-31(30)43-9)44-24-27(40)25-45-47(36(4,5)6,28-16-12-10-13-17-28)29-18-14-11-15-19-29/h10-22,27,32H,23-25H2,1-9H3,(H,39,41)/t27-,32-/m0/s1. The third-order valence-corrected chi connectivity index (χ3v) is 13.4. The molecule has 3 aromatic carbocycles. The van der Waals surface area contributed by atoms with E-state index in [1.807, 2.05) is 57.2 Å². The highest BCUT2D eigenvalue weighted by Crippen LogP contribution is 2.37. The summed E-state index contributed by atoms with van der Waals surface area (Å²) in [4.78, 5) is 28.9. The molecule has 0 spiro atoms. The number of nitrogens with zero attached hydrogens (tertiary/aromatic N) is 1. The van der Waals surface area contributed by atoms with Crippen LogP contribution in [0.1, 0.15) is 61.0 Å². The van der Waals surface area contributed by atoms with Gasteiger partial charge in [-0.3, -0.25) is 9.69 Å². The Kier molecular flexibility index (Phi) is 10.9. The number of benzene rings is 3. The van der Waals surface area contributed by atoms with Gasteiger partial charge in [-0.15, -0.1) is 0 Å². The second kappa shape index (κ2) is 14.2. The molecule has 0 unspecified atom stereocenters. The Labute approximate surface area is 279 Å². The van der Waals surface area contributed by atoms with Gasteiger partial charge in [-0.25, -0.2) is 9.18 Å². The van der Waals surface area contributed by atoms with Gasteiger partial charge in [-0.05, 0) is 56.1 Å². The van der Waals surface area contributed by atoms with E-state index in [0.717, 1.165) is 10.4 Å². The Morgan fingerprint density at radius 1 is 0.915 bits per heavy atom. The Balaban J connectivity index is 1.62. The first-order chi connectivity index (χ1) is 22.0. The van der Waals surface area contributed by atoms with Gasteiger partial charge in [-0.2, -0.15) is 0 Å². The summed E-state index contributed by atoms with van der Waals surface area (Å²) >= 11 is 0. The van der Waals surface area contributed by atoms with Gasteiger partial charge in [0.2, 0.25) is 0 Å². The smallest absolute Gasteiger partial charge is 0.410 e. The third-order valence-electron chi connectivity index (χ3n) is 8.40. The van der Waals surface area contributed by atoms with Gasteiger partial charge in [0.15, 0.2) is 6.10 Å². The lowest BCUT2D eigenvalue weighted by molar-refractivity contribution is -0.144. The number of methoxy groups -OCH3 is 1. The minimum atomic E-state index is -2.92. The zero-order valence-corrected chi connectivity index (χ0v) is 30.1. The van der Waals surface area contributed by atoms with Crippen molar-refractivity contribution in [2.75, 3.05) is 26.9 Å². The Bertz CT molecular complexity index is 1480. The van der Waals surface area contributed by atoms with E-state index in [2.05, 4.69) is 50.4 Å². The number of halogens is 1. The minimum Gasteiger partial charge on any atom is -0.496 e. The topological polar surface area (TPSA) is 86.3 Å². The molecule has 254 valence electrons. The third kappa shape index (κ3) is 8.23. The lowest BCUT2D eigenvalue weighted by Crippen LogP contribution is -2.68. The van der Waals surface area contributed by atoms with Crippen molar-refractivity contribution in [3.05, 3.63) is 90.2 Å². The van der Waals surface area contributed by atoms with Crippen molar-refractivity contribution >= 4 is 30.7 Å². The van der Waals surface area contributed by atoms with Crippen molar-refractivity contribution in [2.45, 2.75) is 83.7 Å². The number of rotatable bonds is 9. The van der Waals surface area contributed by atoms with Crippen LogP contribution in [-0.4, -0.2) is 69.8 Å². The van der Waals surface area contributed by atoms with Crippen molar-refractivity contribution in [3.63, 3.8) is 0 Å². The molecule has 1 N–H and O–H groups in total. The maximum atomic E-state index is 13.9. The van der Waals surface area contributed by atoms with Gasteiger partial charge in [0, 0.05) is 11.6 Å². The second-order valence-corrected chi connectivity index (χ2v) is 18.8. The molecule has 1 saturated heterocycles. The second-order valence-electron chi connectivity index (χ2n) is 14.5. The predicted molar refractivity (Wildman–Crippen MR) is 184 cm³/mol. The van der Waals surface area contributed by atoms with Crippen LogP contribution in [0.15, 0.2) is 78.9 Å². The molecule has 0 radical (unpaired) electrons. The molecule has 2 amide bonds. The normalized spacial score (nSPS) is 17.6. The van der Waals surface area contributed by atoms with Crippen molar-refractivity contribution in [2.24, 2.45) is 0 Å². The minimum absolute atomic E-state index is 0.0356. The lowest BCUT2D eigenvalue weighted by Gasteiger charge is -2.46. The van der Waals surface area contributed by atoms with Crippen LogP contribution in [0.25, 0.3) is 0 Å². The lowest BCUT2D eigenvalue weighted by atomic mass is 9.92. The van der Waals surface area contributed by atoms with E-state index in [9.17, 15) is 14.0 Å². The first-order valence-electron chi connectivity index (χ1n) is 16.0. The van der Waals surface area contributed by atoms with Crippen molar-refractivity contribution in [1.82, 2.24) is 10.2 Å². The Morgan fingerprint density at radius 3 is 2.00 bits per heavy atom. The van der Waals surface area contributed by atoms with Crippen molar-refractivity contribution in [1.29, 1.82) is 0 Å². The summed E-state index contributed by atoms with van der Waals surface area (Å²) in [5, 5.41) is 4.98. The molecule has 4 rings (SSSR count). The van der Waals surface area contributed by atoms with E-state index in [1.54, 1.807) is 24.8 Å². The summed E-state index contributed by atoms with van der Waals surface area (Å²) in [6, 6.07) is 24.2. The van der Waals surface area contributed by atoms with Gasteiger partial charge in [0.05, 0.1) is 38.4 Å². The zero-order valence-electron chi connectivity index (χ0n) is 29.1. The fourth-order valence-corrected chi connectivity index (χ4v) is 10.8. The summed E-state index contributed by atoms with van der Waals surface area (Å²) in [5.41, 5.74) is -1.08. The molecule has 1 heterocycles. The largest absolute Gasteiger partial charge is 0.496 e. The zero-order chi connectivity index (χ0) is 34.6. The van der Waals surface area contributed by atoms with Crippen LogP contribution in [0.4, 0.5) is 9.18 Å². The molecule has 0 bridgehead atoms. The number of hydrogen-bond acceptors (Lipinski definition) is 6. The van der Waals surface area contributed by atoms with E-state index in [1.165, 1.54) is 19.2 Å². The van der Waals surface area contributed by atoms with Gasteiger partial charge >= 0.3 is 6.09 Å². The van der Waals surface area contributed by atoms with E-state index in [0.29, 0.717) is 11.3 Å². The Hall–Kier alpha value is -3.73. The summed E-state index contributed by atoms with van der Waals surface area (Å²) in [5.74, 6) is -0.542. The molecule has 1 fully saturated rings. The highest BCUT2D eigenvalue weighted by Gasteiger charge is 2.51. The molecule has 0 saturated carbocycles. The van der Waals surface area contributed by atoms with E-state index in [-0.39, 0.29) is 24.8 Å². The first-order valence-corrected chi connectivity index (χ1v) is 17.9. The molecule has 47 heavy (non-hydrogen) atoms. The van der Waals surface area contributed by atoms with Gasteiger partial charge in [0.1, 0.15) is 17.2 Å². The molecular formula is C37H49FN2O6Si. The molecule has 8 nitrogen and oxygen atoms in total. The van der Waals surface area contributed by atoms with Crippen LogP contribution in [-0.2, 0) is 24.2 Å². The number of nitrogens with one attached hydrogen (secondary N) is 1. The number of carbonyl (C=O) groups is 2. The number of amides is 2. The van der Waals surface area contributed by atoms with Crippen LogP contribution in [0.3, 0.4) is 0 Å². The Morgan fingerprint density at radius 2 is 1.49 bits per heavy atom. The molecule has 3 aromatic rings. The SMILES string of the molecule is COc1cc(F)ccc1C(C)(C)NC(=O)[C@@H]1CN(C(=O)OC(C)(C)C)[C@H](CO[Si](c2ccccc2)(c2ccccc2)C(C)(C)C)CO1. The average Bonchev–Trinajstić information content (AvgIpc) is 3.00. The fourth-order valence-electron chi connectivity index (χ4n) is 6.16. The first kappa shape index (κ1) is 36.1. The highest BCUT2D eigenvalue weighted by molar-refractivity contribution is 6.99. The number of carbonyl (C=O) groups excluding carboxylic acids is 2.